The lowest BCUT2D eigenvalue weighted by molar-refractivity contribution is 0.326. The van der Waals surface area contributed by atoms with Gasteiger partial charge >= 0.3 is 0 Å². The molecule has 3 rings (SSSR count). The molecule has 0 saturated carbocycles. The van der Waals surface area contributed by atoms with E-state index in [1.807, 2.05) is 31.2 Å². The highest BCUT2D eigenvalue weighted by atomic mass is 35.5. The van der Waals surface area contributed by atoms with Gasteiger partial charge in [0.25, 0.3) is 5.56 Å². The minimum Gasteiger partial charge on any atom is -0.492 e. The molecule has 0 aliphatic rings. The van der Waals surface area contributed by atoms with Crippen molar-refractivity contribution < 1.29 is 13.5 Å². The molecule has 1 heterocycles. The van der Waals surface area contributed by atoms with Gasteiger partial charge in [-0.15, -0.1) is 0 Å². The lowest BCUT2D eigenvalue weighted by Gasteiger charge is -2.20. The van der Waals surface area contributed by atoms with Crippen LogP contribution in [0.25, 0.3) is 5.69 Å². The van der Waals surface area contributed by atoms with Crippen LogP contribution >= 0.6 is 11.6 Å². The quantitative estimate of drug-likeness (QED) is 0.622. The van der Waals surface area contributed by atoms with Crippen molar-refractivity contribution in [3.05, 3.63) is 81.2 Å². The summed E-state index contributed by atoms with van der Waals surface area (Å²) in [7, 11) is 1.74. The van der Waals surface area contributed by atoms with Crippen molar-refractivity contribution >= 4 is 17.3 Å². The van der Waals surface area contributed by atoms with Gasteiger partial charge in [0.2, 0.25) is 0 Å². The summed E-state index contributed by atoms with van der Waals surface area (Å²) >= 11 is 6.19. The van der Waals surface area contributed by atoms with Crippen LogP contribution < -0.4 is 15.2 Å². The highest BCUT2D eigenvalue weighted by Crippen LogP contribution is 2.21. The zero-order valence-electron chi connectivity index (χ0n) is 15.3. The molecule has 0 spiro atoms. The minimum atomic E-state index is -0.904. The fourth-order valence-electron chi connectivity index (χ4n) is 2.57. The number of hydrogen-bond donors (Lipinski definition) is 0. The first kappa shape index (κ1) is 19.8. The first-order valence-corrected chi connectivity index (χ1v) is 8.88. The summed E-state index contributed by atoms with van der Waals surface area (Å²) in [4.78, 5) is 14.2. The average molecular weight is 406 g/mol. The molecule has 2 aromatic carbocycles. The molecule has 28 heavy (non-hydrogen) atoms. The number of aromatic nitrogens is 2. The molecule has 0 radical (unpaired) electrons. The van der Waals surface area contributed by atoms with Gasteiger partial charge < -0.3 is 9.64 Å². The maximum atomic E-state index is 13.9. The summed E-state index contributed by atoms with van der Waals surface area (Å²) in [5.74, 6) is -0.908. The van der Waals surface area contributed by atoms with Crippen LogP contribution in [0, 0.1) is 18.6 Å². The van der Waals surface area contributed by atoms with Crippen molar-refractivity contribution in [3.8, 4) is 11.4 Å². The molecule has 0 aliphatic heterocycles. The zero-order chi connectivity index (χ0) is 20.3. The summed E-state index contributed by atoms with van der Waals surface area (Å²) in [6.07, 6.45) is 1.36. The fourth-order valence-corrected chi connectivity index (χ4v) is 2.84. The third-order valence-corrected chi connectivity index (χ3v) is 4.52. The molecule has 0 saturated heterocycles. The summed E-state index contributed by atoms with van der Waals surface area (Å²) in [5, 5.41) is 3.86. The van der Waals surface area contributed by atoms with Crippen LogP contribution in [0.5, 0.6) is 5.75 Å². The van der Waals surface area contributed by atoms with Gasteiger partial charge in [0, 0.05) is 13.1 Å². The number of aryl methyl sites for hydroxylation is 1. The van der Waals surface area contributed by atoms with Crippen LogP contribution in [0.3, 0.4) is 0 Å². The Hall–Kier alpha value is -2.93. The number of anilines is 1. The highest BCUT2D eigenvalue weighted by Gasteiger charge is 2.16. The number of nitrogens with zero attached hydrogens (tertiary/aromatic N) is 3. The predicted molar refractivity (Wildman–Crippen MR) is 105 cm³/mol. The first-order chi connectivity index (χ1) is 13.4. The van der Waals surface area contributed by atoms with Crippen molar-refractivity contribution in [3.63, 3.8) is 0 Å². The van der Waals surface area contributed by atoms with Crippen LogP contribution in [-0.2, 0) is 0 Å². The Labute approximate surface area is 165 Å². The molecule has 0 atom stereocenters. The summed E-state index contributed by atoms with van der Waals surface area (Å²) in [6, 6.07) is 10.5. The fraction of sp³-hybridized carbons (Fsp3) is 0.200. The molecule has 0 unspecified atom stereocenters. The summed E-state index contributed by atoms with van der Waals surface area (Å²) < 4.78 is 33.5. The predicted octanol–water partition coefficient (Wildman–Crippen LogP) is 3.99. The van der Waals surface area contributed by atoms with E-state index in [4.69, 9.17) is 16.3 Å². The van der Waals surface area contributed by atoms with E-state index in [9.17, 15) is 13.6 Å². The van der Waals surface area contributed by atoms with Gasteiger partial charge in [-0.2, -0.15) is 9.78 Å². The Balaban J connectivity index is 1.74. The molecular formula is C20H18ClF2N3O2. The van der Waals surface area contributed by atoms with Crippen molar-refractivity contribution in [2.75, 3.05) is 25.1 Å². The molecule has 0 fully saturated rings. The smallest absolute Gasteiger partial charge is 0.292 e. The number of benzene rings is 2. The van der Waals surface area contributed by atoms with Gasteiger partial charge in [-0.25, -0.2) is 8.78 Å². The van der Waals surface area contributed by atoms with Crippen LogP contribution in [0.1, 0.15) is 5.56 Å². The molecular weight excluding hydrogens is 388 g/mol. The third-order valence-electron chi connectivity index (χ3n) is 4.17. The SMILES string of the molecule is Cc1ccc(OCCN(C)c2cnn(-c3ccc(F)cc3F)c(=O)c2Cl)cc1. The van der Waals surface area contributed by atoms with E-state index in [0.29, 0.717) is 24.9 Å². The second-order valence-electron chi connectivity index (χ2n) is 6.24. The molecule has 0 amide bonds. The molecule has 0 aliphatic carbocycles. The number of hydrogen-bond acceptors (Lipinski definition) is 4. The second-order valence-corrected chi connectivity index (χ2v) is 6.62. The van der Waals surface area contributed by atoms with Crippen molar-refractivity contribution in [1.29, 1.82) is 0 Å². The van der Waals surface area contributed by atoms with Crippen LogP contribution in [-0.4, -0.2) is 30.0 Å². The van der Waals surface area contributed by atoms with E-state index >= 15 is 0 Å². The van der Waals surface area contributed by atoms with E-state index in [1.165, 1.54) is 6.20 Å². The Morgan fingerprint density at radius 2 is 1.89 bits per heavy atom. The van der Waals surface area contributed by atoms with Gasteiger partial charge in [0.05, 0.1) is 18.4 Å². The molecule has 0 bridgehead atoms. The minimum absolute atomic E-state index is 0.114. The number of halogens is 3. The lowest BCUT2D eigenvalue weighted by atomic mass is 10.2. The molecule has 3 aromatic rings. The number of likely N-dealkylation sites (N-methyl/N-ethyl adjacent to an activating group) is 1. The van der Waals surface area contributed by atoms with E-state index in [1.54, 1.807) is 11.9 Å². The second kappa shape index (κ2) is 8.39. The largest absolute Gasteiger partial charge is 0.492 e. The molecule has 1 aromatic heterocycles. The topological polar surface area (TPSA) is 47.4 Å². The maximum Gasteiger partial charge on any atom is 0.292 e. The standard InChI is InChI=1S/C20H18ClF2N3O2/c1-13-3-6-15(7-4-13)28-10-9-25(2)18-12-24-26(20(27)19(18)21)17-8-5-14(22)11-16(17)23/h3-8,11-12H,9-10H2,1-2H3. The zero-order valence-corrected chi connectivity index (χ0v) is 16.1. The highest BCUT2D eigenvalue weighted by molar-refractivity contribution is 6.33. The van der Waals surface area contributed by atoms with Crippen molar-refractivity contribution in [2.24, 2.45) is 0 Å². The van der Waals surface area contributed by atoms with Crippen molar-refractivity contribution in [1.82, 2.24) is 9.78 Å². The lowest BCUT2D eigenvalue weighted by Crippen LogP contribution is -2.29. The first-order valence-electron chi connectivity index (χ1n) is 8.50. The monoisotopic (exact) mass is 405 g/mol. The number of rotatable bonds is 6. The van der Waals surface area contributed by atoms with Gasteiger partial charge in [-0.1, -0.05) is 29.3 Å². The number of ether oxygens (including phenoxy) is 1. The maximum absolute atomic E-state index is 13.9. The Bertz CT molecular complexity index is 1040. The van der Waals surface area contributed by atoms with Gasteiger partial charge in [-0.05, 0) is 31.2 Å². The van der Waals surface area contributed by atoms with Crippen LogP contribution in [0.2, 0.25) is 5.02 Å². The summed E-state index contributed by atoms with van der Waals surface area (Å²) in [6.45, 7) is 2.81. The Morgan fingerprint density at radius 3 is 2.57 bits per heavy atom. The van der Waals surface area contributed by atoms with Crippen LogP contribution in [0.15, 0.2) is 53.5 Å². The molecule has 0 N–H and O–H groups in total. The molecule has 8 heteroatoms. The van der Waals surface area contributed by atoms with Gasteiger partial charge in [-0.3, -0.25) is 4.79 Å². The third kappa shape index (κ3) is 4.31. The van der Waals surface area contributed by atoms with Crippen molar-refractivity contribution in [2.45, 2.75) is 6.92 Å². The van der Waals surface area contributed by atoms with E-state index in [-0.39, 0.29) is 10.7 Å². The van der Waals surface area contributed by atoms with Gasteiger partial charge in [0.1, 0.15) is 28.9 Å². The van der Waals surface area contributed by atoms with E-state index in [0.717, 1.165) is 28.1 Å². The molecule has 5 nitrogen and oxygen atoms in total. The van der Waals surface area contributed by atoms with Crippen LogP contribution in [0.4, 0.5) is 14.5 Å². The van der Waals surface area contributed by atoms with E-state index < -0.39 is 17.2 Å². The van der Waals surface area contributed by atoms with Gasteiger partial charge in [0.15, 0.2) is 5.82 Å². The molecule has 146 valence electrons. The Morgan fingerprint density at radius 1 is 1.18 bits per heavy atom. The average Bonchev–Trinajstić information content (AvgIpc) is 2.66. The van der Waals surface area contributed by atoms with E-state index in [2.05, 4.69) is 5.10 Å². The summed E-state index contributed by atoms with van der Waals surface area (Å²) in [5.41, 5.74) is 0.652. The Kier molecular flexibility index (Phi) is 5.94. The normalized spacial score (nSPS) is 10.8.